The summed E-state index contributed by atoms with van der Waals surface area (Å²) in [5.74, 6) is -0.328. The lowest BCUT2D eigenvalue weighted by molar-refractivity contribution is -0.124. The standard InChI is InChI=1S/C17H18ClNO3/c18-14-8-6-13(7-9-14)16(21)10-17(22)19-15(11-20)12-4-2-1-3-5-12/h1-9,15-16,20-21H,10-11H2,(H,19,22)/t15-,16?/m1/s1. The van der Waals surface area contributed by atoms with Crippen LogP contribution >= 0.6 is 11.6 Å². The maximum absolute atomic E-state index is 12.0. The predicted octanol–water partition coefficient (Wildman–Crippen LogP) is 2.61. The van der Waals surface area contributed by atoms with Crippen molar-refractivity contribution in [2.24, 2.45) is 0 Å². The third kappa shape index (κ3) is 4.56. The van der Waals surface area contributed by atoms with Gasteiger partial charge in [-0.15, -0.1) is 0 Å². The Labute approximate surface area is 134 Å². The highest BCUT2D eigenvalue weighted by Crippen LogP contribution is 2.20. The molecule has 0 bridgehead atoms. The number of hydrogen-bond acceptors (Lipinski definition) is 3. The van der Waals surface area contributed by atoms with Gasteiger partial charge in [-0.25, -0.2) is 0 Å². The molecular formula is C17H18ClNO3. The molecule has 22 heavy (non-hydrogen) atoms. The summed E-state index contributed by atoms with van der Waals surface area (Å²) in [6, 6.07) is 15.4. The number of nitrogens with one attached hydrogen (secondary N) is 1. The molecule has 0 saturated carbocycles. The number of hydrogen-bond donors (Lipinski definition) is 3. The number of aliphatic hydroxyl groups excluding tert-OH is 2. The summed E-state index contributed by atoms with van der Waals surface area (Å²) in [7, 11) is 0. The lowest BCUT2D eigenvalue weighted by Gasteiger charge is -2.18. The Hall–Kier alpha value is -1.88. The molecule has 4 nitrogen and oxygen atoms in total. The van der Waals surface area contributed by atoms with E-state index in [1.54, 1.807) is 24.3 Å². The van der Waals surface area contributed by atoms with E-state index in [1.807, 2.05) is 30.3 Å². The van der Waals surface area contributed by atoms with Gasteiger partial charge >= 0.3 is 0 Å². The number of aliphatic hydroxyl groups is 2. The summed E-state index contributed by atoms with van der Waals surface area (Å²) in [5, 5.41) is 22.8. The maximum Gasteiger partial charge on any atom is 0.223 e. The number of rotatable bonds is 6. The van der Waals surface area contributed by atoms with Crippen LogP contribution in [0.1, 0.15) is 29.7 Å². The van der Waals surface area contributed by atoms with Gasteiger partial charge < -0.3 is 15.5 Å². The van der Waals surface area contributed by atoms with Crippen LogP contribution in [0.15, 0.2) is 54.6 Å². The molecule has 116 valence electrons. The first kappa shape index (κ1) is 16.5. The van der Waals surface area contributed by atoms with Crippen molar-refractivity contribution in [3.8, 4) is 0 Å². The molecule has 0 fully saturated rings. The molecule has 2 aromatic rings. The topological polar surface area (TPSA) is 69.6 Å². The van der Waals surface area contributed by atoms with Gasteiger partial charge in [-0.3, -0.25) is 4.79 Å². The smallest absolute Gasteiger partial charge is 0.223 e. The molecule has 0 aliphatic rings. The monoisotopic (exact) mass is 319 g/mol. The van der Waals surface area contributed by atoms with E-state index in [0.717, 1.165) is 5.56 Å². The quantitative estimate of drug-likeness (QED) is 0.766. The Bertz CT molecular complexity index is 601. The second-order valence-corrected chi connectivity index (χ2v) is 5.42. The zero-order valence-corrected chi connectivity index (χ0v) is 12.7. The second-order valence-electron chi connectivity index (χ2n) is 4.98. The molecule has 0 saturated heterocycles. The highest BCUT2D eigenvalue weighted by molar-refractivity contribution is 6.30. The molecule has 2 rings (SSSR count). The molecule has 2 aromatic carbocycles. The Morgan fingerprint density at radius 1 is 1.05 bits per heavy atom. The van der Waals surface area contributed by atoms with Gasteiger partial charge in [0.1, 0.15) is 0 Å². The number of carbonyl (C=O) groups is 1. The Balaban J connectivity index is 1.95. The molecule has 2 atom stereocenters. The summed E-state index contributed by atoms with van der Waals surface area (Å²) in [6.45, 7) is -0.202. The van der Waals surface area contributed by atoms with Gasteiger partial charge in [0.2, 0.25) is 5.91 Å². The number of halogens is 1. The van der Waals surface area contributed by atoms with Crippen LogP contribution in [0.2, 0.25) is 5.02 Å². The SMILES string of the molecule is O=C(CC(O)c1ccc(Cl)cc1)N[C@H](CO)c1ccccc1. The zero-order valence-electron chi connectivity index (χ0n) is 11.9. The first-order chi connectivity index (χ1) is 10.6. The third-order valence-electron chi connectivity index (χ3n) is 3.35. The van der Waals surface area contributed by atoms with E-state index in [2.05, 4.69) is 5.32 Å². The van der Waals surface area contributed by atoms with Gasteiger partial charge in [0, 0.05) is 5.02 Å². The Kier molecular flexibility index (Phi) is 5.95. The van der Waals surface area contributed by atoms with Crippen LogP contribution in [0, 0.1) is 0 Å². The molecule has 3 N–H and O–H groups in total. The third-order valence-corrected chi connectivity index (χ3v) is 3.61. The van der Waals surface area contributed by atoms with Crippen molar-refractivity contribution in [2.45, 2.75) is 18.6 Å². The number of amides is 1. The largest absolute Gasteiger partial charge is 0.394 e. The molecule has 0 aliphatic heterocycles. The van der Waals surface area contributed by atoms with E-state index in [9.17, 15) is 15.0 Å². The highest BCUT2D eigenvalue weighted by Gasteiger charge is 2.17. The minimum atomic E-state index is -0.910. The van der Waals surface area contributed by atoms with E-state index in [1.165, 1.54) is 0 Å². The van der Waals surface area contributed by atoms with Crippen LogP contribution in [-0.4, -0.2) is 22.7 Å². The highest BCUT2D eigenvalue weighted by atomic mass is 35.5. The first-order valence-corrected chi connectivity index (χ1v) is 7.36. The lowest BCUT2D eigenvalue weighted by Crippen LogP contribution is -2.31. The summed E-state index contributed by atoms with van der Waals surface area (Å²) < 4.78 is 0. The fourth-order valence-electron chi connectivity index (χ4n) is 2.15. The maximum atomic E-state index is 12.0. The zero-order chi connectivity index (χ0) is 15.9. The van der Waals surface area contributed by atoms with Gasteiger partial charge in [0.25, 0.3) is 0 Å². The molecule has 5 heteroatoms. The fraction of sp³-hybridized carbons (Fsp3) is 0.235. The molecule has 0 aliphatic carbocycles. The summed E-state index contributed by atoms with van der Waals surface area (Å²) in [6.07, 6.45) is -0.988. The fourth-order valence-corrected chi connectivity index (χ4v) is 2.28. The van der Waals surface area contributed by atoms with Crippen molar-refractivity contribution in [1.82, 2.24) is 5.32 Å². The van der Waals surface area contributed by atoms with E-state index in [4.69, 9.17) is 11.6 Å². The van der Waals surface area contributed by atoms with Crippen molar-refractivity contribution >= 4 is 17.5 Å². The van der Waals surface area contributed by atoms with Crippen molar-refractivity contribution in [3.05, 3.63) is 70.7 Å². The number of carbonyl (C=O) groups excluding carboxylic acids is 1. The average Bonchev–Trinajstić information content (AvgIpc) is 2.54. The van der Waals surface area contributed by atoms with E-state index < -0.39 is 12.1 Å². The molecular weight excluding hydrogens is 302 g/mol. The Morgan fingerprint density at radius 3 is 2.27 bits per heavy atom. The average molecular weight is 320 g/mol. The minimum Gasteiger partial charge on any atom is -0.394 e. The predicted molar refractivity (Wildman–Crippen MR) is 85.4 cm³/mol. The summed E-state index contributed by atoms with van der Waals surface area (Å²) in [4.78, 5) is 12.0. The van der Waals surface area contributed by atoms with E-state index >= 15 is 0 Å². The molecule has 1 unspecified atom stereocenters. The molecule has 0 heterocycles. The summed E-state index contributed by atoms with van der Waals surface area (Å²) in [5.41, 5.74) is 1.44. The van der Waals surface area contributed by atoms with Crippen molar-refractivity contribution in [2.75, 3.05) is 6.61 Å². The van der Waals surface area contributed by atoms with E-state index in [0.29, 0.717) is 10.6 Å². The van der Waals surface area contributed by atoms with Gasteiger partial charge in [0.15, 0.2) is 0 Å². The van der Waals surface area contributed by atoms with Crippen LogP contribution in [0.3, 0.4) is 0 Å². The molecule has 1 amide bonds. The van der Waals surface area contributed by atoms with Crippen LogP contribution in [0.4, 0.5) is 0 Å². The second kappa shape index (κ2) is 7.94. The molecule has 0 radical (unpaired) electrons. The molecule has 0 spiro atoms. The summed E-state index contributed by atoms with van der Waals surface area (Å²) >= 11 is 5.79. The van der Waals surface area contributed by atoms with Gasteiger partial charge in [0.05, 0.1) is 25.2 Å². The van der Waals surface area contributed by atoms with Crippen LogP contribution < -0.4 is 5.32 Å². The molecule has 0 aromatic heterocycles. The number of benzene rings is 2. The van der Waals surface area contributed by atoms with Crippen molar-refractivity contribution < 1.29 is 15.0 Å². The van der Waals surface area contributed by atoms with Gasteiger partial charge in [-0.2, -0.15) is 0 Å². The Morgan fingerprint density at radius 2 is 1.68 bits per heavy atom. The minimum absolute atomic E-state index is 0.0784. The normalized spacial score (nSPS) is 13.4. The van der Waals surface area contributed by atoms with Crippen LogP contribution in [-0.2, 0) is 4.79 Å². The van der Waals surface area contributed by atoms with Crippen molar-refractivity contribution in [1.29, 1.82) is 0 Å². The van der Waals surface area contributed by atoms with E-state index in [-0.39, 0.29) is 18.9 Å². The van der Waals surface area contributed by atoms with Crippen molar-refractivity contribution in [3.63, 3.8) is 0 Å². The first-order valence-electron chi connectivity index (χ1n) is 6.99. The van der Waals surface area contributed by atoms with Crippen LogP contribution in [0.25, 0.3) is 0 Å². The van der Waals surface area contributed by atoms with Crippen LogP contribution in [0.5, 0.6) is 0 Å². The van der Waals surface area contributed by atoms with Gasteiger partial charge in [-0.1, -0.05) is 54.1 Å². The lowest BCUT2D eigenvalue weighted by atomic mass is 10.0. The van der Waals surface area contributed by atoms with Gasteiger partial charge in [-0.05, 0) is 23.3 Å².